The standard InChI is InChI=1S/C33H38N6O/c1-7-32(40-10-4)21-11-26(6)34-24-27-12-14-28(15-13-27)36-38-33-22-18-30(23-25(33)5)37-35-29-16-19-31(20-17-29)39(8-2)9-3/h7,11-24H,6,8-10H2,1-5H3/b21-11-,32-7+,34-24?,37-35?,38-36?. The van der Waals surface area contributed by atoms with Crippen LogP contribution < -0.4 is 4.90 Å². The van der Waals surface area contributed by atoms with Crippen molar-refractivity contribution in [3.05, 3.63) is 114 Å². The molecule has 0 aliphatic rings. The molecule has 0 aliphatic carbocycles. The Labute approximate surface area is 238 Å². The maximum atomic E-state index is 5.48. The number of allylic oxidation sites excluding steroid dienone is 3. The smallest absolute Gasteiger partial charge is 0.115 e. The van der Waals surface area contributed by atoms with Gasteiger partial charge in [-0.05, 0) is 119 Å². The number of azo groups is 2. The van der Waals surface area contributed by atoms with E-state index < -0.39 is 0 Å². The fourth-order valence-corrected chi connectivity index (χ4v) is 3.76. The van der Waals surface area contributed by atoms with Gasteiger partial charge in [0.25, 0.3) is 0 Å². The predicted octanol–water partition coefficient (Wildman–Crippen LogP) is 10.1. The first-order valence-electron chi connectivity index (χ1n) is 13.5. The monoisotopic (exact) mass is 534 g/mol. The maximum Gasteiger partial charge on any atom is 0.115 e. The van der Waals surface area contributed by atoms with Gasteiger partial charge in [0.05, 0.1) is 35.1 Å². The van der Waals surface area contributed by atoms with Gasteiger partial charge in [-0.3, -0.25) is 4.99 Å². The lowest BCUT2D eigenvalue weighted by molar-refractivity contribution is 0.242. The molecular formula is C33H38N6O. The Morgan fingerprint density at radius 2 is 1.40 bits per heavy atom. The fourth-order valence-electron chi connectivity index (χ4n) is 3.76. The van der Waals surface area contributed by atoms with Crippen LogP contribution >= 0.6 is 0 Å². The minimum Gasteiger partial charge on any atom is -0.494 e. The molecule has 0 heterocycles. The molecule has 0 spiro atoms. The van der Waals surface area contributed by atoms with Crippen LogP contribution in [0, 0.1) is 6.92 Å². The highest BCUT2D eigenvalue weighted by atomic mass is 16.5. The third kappa shape index (κ3) is 9.27. The highest BCUT2D eigenvalue weighted by Gasteiger charge is 2.02. The first-order valence-corrected chi connectivity index (χ1v) is 13.5. The van der Waals surface area contributed by atoms with Gasteiger partial charge in [0.15, 0.2) is 0 Å². The van der Waals surface area contributed by atoms with Crippen molar-refractivity contribution in [2.24, 2.45) is 25.4 Å². The quantitative estimate of drug-likeness (QED) is 0.0946. The second-order valence-corrected chi connectivity index (χ2v) is 8.86. The summed E-state index contributed by atoms with van der Waals surface area (Å²) in [6, 6.07) is 21.6. The van der Waals surface area contributed by atoms with Gasteiger partial charge < -0.3 is 9.64 Å². The van der Waals surface area contributed by atoms with E-state index in [0.717, 1.165) is 52.7 Å². The molecule has 0 saturated heterocycles. The molecule has 0 aliphatic heterocycles. The summed E-state index contributed by atoms with van der Waals surface area (Å²) in [5.74, 6) is 0.791. The Morgan fingerprint density at radius 1 is 0.800 bits per heavy atom. The van der Waals surface area contributed by atoms with E-state index in [1.165, 1.54) is 5.69 Å². The number of aryl methyl sites for hydroxylation is 1. The summed E-state index contributed by atoms with van der Waals surface area (Å²) in [5.41, 5.74) is 6.85. The molecule has 40 heavy (non-hydrogen) atoms. The summed E-state index contributed by atoms with van der Waals surface area (Å²) in [7, 11) is 0. The van der Waals surface area contributed by atoms with Crippen LogP contribution in [0.15, 0.2) is 128 Å². The Morgan fingerprint density at radius 3 is 2.00 bits per heavy atom. The number of anilines is 1. The summed E-state index contributed by atoms with van der Waals surface area (Å²) in [5, 5.41) is 17.6. The van der Waals surface area contributed by atoms with E-state index in [2.05, 4.69) is 62.9 Å². The van der Waals surface area contributed by atoms with E-state index in [4.69, 9.17) is 4.74 Å². The average molecular weight is 535 g/mol. The highest BCUT2D eigenvalue weighted by molar-refractivity contribution is 5.81. The van der Waals surface area contributed by atoms with Gasteiger partial charge in [0.2, 0.25) is 0 Å². The minimum atomic E-state index is 0.619. The molecule has 206 valence electrons. The summed E-state index contributed by atoms with van der Waals surface area (Å²) in [6.07, 6.45) is 7.35. The van der Waals surface area contributed by atoms with Crippen LogP contribution in [0.2, 0.25) is 0 Å². The van der Waals surface area contributed by atoms with Crippen LogP contribution in [0.4, 0.5) is 28.4 Å². The molecule has 0 unspecified atom stereocenters. The molecule has 0 atom stereocenters. The lowest BCUT2D eigenvalue weighted by atomic mass is 10.2. The second kappa shape index (κ2) is 15.7. The number of benzene rings is 3. The normalized spacial score (nSPS) is 12.3. The van der Waals surface area contributed by atoms with Crippen molar-refractivity contribution in [1.29, 1.82) is 0 Å². The largest absolute Gasteiger partial charge is 0.494 e. The van der Waals surface area contributed by atoms with Crippen LogP contribution in [0.25, 0.3) is 0 Å². The third-order valence-corrected chi connectivity index (χ3v) is 6.02. The molecule has 0 aromatic heterocycles. The van der Waals surface area contributed by atoms with E-state index >= 15 is 0 Å². The van der Waals surface area contributed by atoms with Crippen LogP contribution in [0.3, 0.4) is 0 Å². The number of hydrogen-bond donors (Lipinski definition) is 0. The third-order valence-electron chi connectivity index (χ3n) is 6.02. The predicted molar refractivity (Wildman–Crippen MR) is 167 cm³/mol. The fraction of sp³-hybridized carbons (Fsp3) is 0.242. The van der Waals surface area contributed by atoms with Gasteiger partial charge in [-0.25, -0.2) is 0 Å². The molecule has 0 N–H and O–H groups in total. The second-order valence-electron chi connectivity index (χ2n) is 8.86. The number of nitrogens with zero attached hydrogens (tertiary/aromatic N) is 6. The molecule has 0 radical (unpaired) electrons. The van der Waals surface area contributed by atoms with Crippen molar-refractivity contribution in [1.82, 2.24) is 0 Å². The van der Waals surface area contributed by atoms with Crippen LogP contribution in [0.5, 0.6) is 0 Å². The zero-order chi connectivity index (χ0) is 28.7. The lowest BCUT2D eigenvalue weighted by Crippen LogP contribution is -2.21. The molecule has 3 aromatic rings. The molecule has 7 nitrogen and oxygen atoms in total. The number of hydrogen-bond acceptors (Lipinski definition) is 7. The number of ether oxygens (including phenoxy) is 1. The average Bonchev–Trinajstić information content (AvgIpc) is 2.98. The Bertz CT molecular complexity index is 1400. The minimum absolute atomic E-state index is 0.619. The van der Waals surface area contributed by atoms with Crippen molar-refractivity contribution in [3.8, 4) is 0 Å². The van der Waals surface area contributed by atoms with Gasteiger partial charge in [0.1, 0.15) is 5.76 Å². The highest BCUT2D eigenvalue weighted by Crippen LogP contribution is 2.28. The zero-order valence-electron chi connectivity index (χ0n) is 24.1. The van der Waals surface area contributed by atoms with Crippen molar-refractivity contribution < 1.29 is 4.74 Å². The van der Waals surface area contributed by atoms with Crippen LogP contribution in [-0.2, 0) is 4.74 Å². The van der Waals surface area contributed by atoms with Gasteiger partial charge in [0, 0.05) is 25.0 Å². The molecule has 0 fully saturated rings. The summed E-state index contributed by atoms with van der Waals surface area (Å²) >= 11 is 0. The van der Waals surface area contributed by atoms with E-state index in [1.54, 1.807) is 6.21 Å². The summed E-state index contributed by atoms with van der Waals surface area (Å²) in [4.78, 5) is 6.69. The van der Waals surface area contributed by atoms with E-state index in [9.17, 15) is 0 Å². The summed E-state index contributed by atoms with van der Waals surface area (Å²) < 4.78 is 5.48. The molecule has 0 bridgehead atoms. The van der Waals surface area contributed by atoms with E-state index in [-0.39, 0.29) is 0 Å². The SMILES string of the molecule is C=C(/C=C\C(=C/C)OCC)N=Cc1ccc(N=Nc2ccc(N=Nc3ccc(N(CC)CC)cc3)cc2C)cc1. The Balaban J connectivity index is 1.58. The van der Waals surface area contributed by atoms with Crippen LogP contribution in [-0.4, -0.2) is 25.9 Å². The van der Waals surface area contributed by atoms with Gasteiger partial charge in [-0.15, -0.1) is 0 Å². The van der Waals surface area contributed by atoms with Gasteiger partial charge in [-0.2, -0.15) is 20.5 Å². The molecule has 3 rings (SSSR count). The van der Waals surface area contributed by atoms with Crippen LogP contribution in [0.1, 0.15) is 38.8 Å². The summed E-state index contributed by atoms with van der Waals surface area (Å²) in [6.45, 7) is 16.7. The van der Waals surface area contributed by atoms with Crippen molar-refractivity contribution in [2.45, 2.75) is 34.6 Å². The van der Waals surface area contributed by atoms with E-state index in [1.807, 2.05) is 93.6 Å². The first kappa shape index (κ1) is 29.9. The topological polar surface area (TPSA) is 74.3 Å². The molecule has 3 aromatic carbocycles. The van der Waals surface area contributed by atoms with Crippen molar-refractivity contribution in [2.75, 3.05) is 24.6 Å². The zero-order valence-corrected chi connectivity index (χ0v) is 24.1. The lowest BCUT2D eigenvalue weighted by Gasteiger charge is -2.20. The first-order chi connectivity index (χ1) is 19.4. The number of rotatable bonds is 13. The van der Waals surface area contributed by atoms with Gasteiger partial charge >= 0.3 is 0 Å². The Kier molecular flexibility index (Phi) is 11.7. The van der Waals surface area contributed by atoms with Gasteiger partial charge in [-0.1, -0.05) is 18.7 Å². The molecular weight excluding hydrogens is 496 g/mol. The molecule has 0 saturated carbocycles. The molecule has 7 heteroatoms. The Hall–Kier alpha value is -4.65. The van der Waals surface area contributed by atoms with Crippen molar-refractivity contribution in [3.63, 3.8) is 0 Å². The van der Waals surface area contributed by atoms with E-state index in [0.29, 0.717) is 12.3 Å². The molecule has 0 amide bonds. The number of aliphatic imine (C=N–C) groups is 1. The van der Waals surface area contributed by atoms with Crippen molar-refractivity contribution >= 4 is 34.7 Å². The maximum absolute atomic E-state index is 5.48.